The zero-order valence-electron chi connectivity index (χ0n) is 17.5. The van der Waals surface area contributed by atoms with Crippen LogP contribution in [-0.2, 0) is 14.3 Å². The summed E-state index contributed by atoms with van der Waals surface area (Å²) in [5.41, 5.74) is 2.68. The monoisotopic (exact) mass is 448 g/mol. The summed E-state index contributed by atoms with van der Waals surface area (Å²) in [6, 6.07) is 7.43. The van der Waals surface area contributed by atoms with Crippen LogP contribution in [0.25, 0.3) is 0 Å². The van der Waals surface area contributed by atoms with E-state index >= 15 is 0 Å². The van der Waals surface area contributed by atoms with Crippen LogP contribution in [0.3, 0.4) is 0 Å². The van der Waals surface area contributed by atoms with Crippen LogP contribution < -0.4 is 10.6 Å². The summed E-state index contributed by atoms with van der Waals surface area (Å²) in [6.07, 6.45) is -0.0487. The van der Waals surface area contributed by atoms with Crippen molar-refractivity contribution in [2.45, 2.75) is 88.6 Å². The molecule has 0 aliphatic carbocycles. The minimum atomic E-state index is -0.600. The summed E-state index contributed by atoms with van der Waals surface area (Å²) in [5.74, 6) is -0.412. The average molecular weight is 449 g/mol. The quantitative estimate of drug-likeness (QED) is 0.373. The number of carbonyl (C=O) groups excluding carboxylic acids is 2. The van der Waals surface area contributed by atoms with Crippen LogP contribution in [0.15, 0.2) is 24.3 Å². The average Bonchev–Trinajstić information content (AvgIpc) is 2.57. The largest absolute Gasteiger partial charge is 0.462 e. The van der Waals surface area contributed by atoms with E-state index in [4.69, 9.17) is 14.9 Å². The molecular formula is C24H52N2O5. The smallest absolute Gasteiger partial charge is 0.325 e. The molecule has 0 spiro atoms. The summed E-state index contributed by atoms with van der Waals surface area (Å²) in [7, 11) is 3.23. The zero-order chi connectivity index (χ0) is 21.4. The van der Waals surface area contributed by atoms with Crippen LogP contribution in [0.4, 0.5) is 0 Å². The molecule has 0 amide bonds. The molecule has 0 heterocycles. The van der Waals surface area contributed by atoms with E-state index in [0.29, 0.717) is 6.29 Å². The van der Waals surface area contributed by atoms with Crippen molar-refractivity contribution in [1.82, 2.24) is 10.6 Å². The van der Waals surface area contributed by atoms with E-state index < -0.39 is 24.2 Å². The summed E-state index contributed by atoms with van der Waals surface area (Å²) in [4.78, 5) is 20.9. The fourth-order valence-corrected chi connectivity index (χ4v) is 1.83. The minimum Gasteiger partial charge on any atom is -0.462 e. The highest BCUT2D eigenvalue weighted by molar-refractivity contribution is 5.76. The number of benzene rings is 1. The Bertz CT molecular complexity index is 501. The normalized spacial score (nSPS) is 11.5. The number of hydrogen-bond donors (Lipinski definition) is 4. The number of ether oxygens (including phenoxy) is 1. The van der Waals surface area contributed by atoms with Gasteiger partial charge in [0.15, 0.2) is 0 Å². The van der Waals surface area contributed by atoms with Crippen LogP contribution in [0, 0.1) is 13.8 Å². The second-order valence-electron chi connectivity index (χ2n) is 6.36. The molecule has 0 fully saturated rings. The maximum atomic E-state index is 11.0. The Morgan fingerprint density at radius 2 is 1.48 bits per heavy atom. The third-order valence-corrected chi connectivity index (χ3v) is 3.34. The molecule has 188 valence electrons. The van der Waals surface area contributed by atoms with Crippen molar-refractivity contribution in [3.05, 3.63) is 35.4 Å². The predicted octanol–water partition coefficient (Wildman–Crippen LogP) is 3.52. The Kier molecular flexibility index (Phi) is 36.5. The number of carbonyl (C=O) groups is 2. The highest BCUT2D eigenvalue weighted by Crippen LogP contribution is 2.00. The van der Waals surface area contributed by atoms with E-state index in [2.05, 4.69) is 48.7 Å². The van der Waals surface area contributed by atoms with Crippen molar-refractivity contribution in [3.8, 4) is 0 Å². The van der Waals surface area contributed by atoms with Crippen LogP contribution in [0.2, 0.25) is 0 Å². The predicted molar refractivity (Wildman–Crippen MR) is 135 cm³/mol. The second-order valence-corrected chi connectivity index (χ2v) is 6.36. The fraction of sp³-hybridized carbons (Fsp3) is 0.667. The van der Waals surface area contributed by atoms with Gasteiger partial charge in [-0.1, -0.05) is 65.1 Å². The molecule has 7 heteroatoms. The lowest BCUT2D eigenvalue weighted by Gasteiger charge is -2.14. The van der Waals surface area contributed by atoms with E-state index in [-0.39, 0.29) is 42.4 Å². The van der Waals surface area contributed by atoms with Gasteiger partial charge < -0.3 is 30.4 Å². The summed E-state index contributed by atoms with van der Waals surface area (Å²) < 4.78 is 4.83. The summed E-state index contributed by atoms with van der Waals surface area (Å²) in [5, 5.41) is 22.6. The number of esters is 1. The van der Waals surface area contributed by atoms with E-state index in [1.54, 1.807) is 34.9 Å². The molecule has 0 radical (unpaired) electrons. The number of aliphatic hydroxyl groups excluding tert-OH is 2. The van der Waals surface area contributed by atoms with Gasteiger partial charge in [-0.3, -0.25) is 4.79 Å². The lowest BCUT2D eigenvalue weighted by Crippen LogP contribution is -2.39. The Balaban J connectivity index is -0.0000000720. The number of aldehydes is 1. The lowest BCUT2D eigenvalue weighted by molar-refractivity contribution is -0.150. The third-order valence-electron chi connectivity index (χ3n) is 3.34. The Morgan fingerprint density at radius 1 is 1.03 bits per heavy atom. The van der Waals surface area contributed by atoms with Crippen molar-refractivity contribution in [2.75, 3.05) is 20.7 Å². The molecule has 3 atom stereocenters. The topological polar surface area (TPSA) is 108 Å². The first-order valence-electron chi connectivity index (χ1n) is 8.95. The van der Waals surface area contributed by atoms with Gasteiger partial charge in [-0.25, -0.2) is 0 Å². The molecule has 1 aromatic rings. The molecule has 7 nitrogen and oxygen atoms in total. The van der Waals surface area contributed by atoms with Gasteiger partial charge in [0.25, 0.3) is 0 Å². The van der Waals surface area contributed by atoms with Crippen molar-refractivity contribution < 1.29 is 24.5 Å². The van der Waals surface area contributed by atoms with Crippen molar-refractivity contribution in [1.29, 1.82) is 0 Å². The van der Waals surface area contributed by atoms with Gasteiger partial charge in [0, 0.05) is 0 Å². The van der Waals surface area contributed by atoms with Gasteiger partial charge in [-0.15, -0.1) is 0 Å². The molecule has 0 aromatic heterocycles. The number of aryl methyl sites for hydroxylation is 2. The van der Waals surface area contributed by atoms with Crippen molar-refractivity contribution >= 4 is 12.3 Å². The number of aliphatic hydroxyl groups is 2. The van der Waals surface area contributed by atoms with Crippen LogP contribution in [0.5, 0.6) is 0 Å². The van der Waals surface area contributed by atoms with Gasteiger partial charge in [-0.2, -0.15) is 0 Å². The first kappa shape index (κ1) is 43.1. The molecule has 0 aliphatic heterocycles. The van der Waals surface area contributed by atoms with E-state index in [0.717, 1.165) is 0 Å². The lowest BCUT2D eigenvalue weighted by atomic mass is 10.2. The van der Waals surface area contributed by atoms with Gasteiger partial charge in [0.2, 0.25) is 0 Å². The van der Waals surface area contributed by atoms with E-state index in [9.17, 15) is 9.59 Å². The van der Waals surface area contributed by atoms with Crippen molar-refractivity contribution in [2.24, 2.45) is 0 Å². The Labute approximate surface area is 192 Å². The molecule has 4 N–H and O–H groups in total. The number of rotatable bonds is 7. The van der Waals surface area contributed by atoms with Crippen LogP contribution >= 0.6 is 0 Å². The minimum absolute atomic E-state index is 0. The maximum Gasteiger partial charge on any atom is 0.325 e. The van der Waals surface area contributed by atoms with E-state index in [1.165, 1.54) is 11.1 Å². The molecule has 0 saturated heterocycles. The third kappa shape index (κ3) is 24.3. The molecule has 0 aliphatic rings. The highest BCUT2D eigenvalue weighted by atomic mass is 16.5. The van der Waals surface area contributed by atoms with Gasteiger partial charge in [-0.05, 0) is 48.7 Å². The summed E-state index contributed by atoms with van der Waals surface area (Å²) >= 11 is 0. The Morgan fingerprint density at radius 3 is 1.65 bits per heavy atom. The SMILES string of the molecule is C.C.C.C.CN[C@@H](C=O)[C@H](C)O.CN[C@@H](CO)C(=O)OC(C)C.Cc1cccc(C)c1. The number of nitrogens with one attached hydrogen (secondary N) is 2. The van der Waals surface area contributed by atoms with E-state index in [1.807, 2.05) is 0 Å². The number of hydrogen-bond acceptors (Lipinski definition) is 7. The van der Waals surface area contributed by atoms with Crippen LogP contribution in [-0.4, -0.2) is 67.5 Å². The highest BCUT2D eigenvalue weighted by Gasteiger charge is 2.17. The Hall–Kier alpha value is -1.80. The molecule has 0 unspecified atom stereocenters. The molecule has 0 bridgehead atoms. The standard InChI is InChI=1S/C8H10.C7H15NO3.C5H11NO2.4CH4/c1-7-4-3-5-8(2)6-7;1-5(2)11-7(10)6(4-9)8-3;1-4(8)5(3-7)6-2;;;;/h3-6H,1-2H3;5-6,8-9H,4H2,1-3H3;3-6,8H,1-2H3;4*1H4/t;6-;4-,5-;;;;/m.00..../s1. The van der Waals surface area contributed by atoms with Gasteiger partial charge in [0.05, 0.1) is 24.9 Å². The van der Waals surface area contributed by atoms with Gasteiger partial charge >= 0.3 is 5.97 Å². The first-order chi connectivity index (χ1) is 12.6. The first-order valence-corrected chi connectivity index (χ1v) is 8.95. The van der Waals surface area contributed by atoms with Crippen LogP contribution in [0.1, 0.15) is 61.6 Å². The molecule has 1 rings (SSSR count). The molecule has 1 aromatic carbocycles. The van der Waals surface area contributed by atoms with Crippen molar-refractivity contribution in [3.63, 3.8) is 0 Å². The zero-order valence-corrected chi connectivity index (χ0v) is 17.5. The molecule has 31 heavy (non-hydrogen) atoms. The number of likely N-dealkylation sites (N-methyl/N-ethyl adjacent to an activating group) is 2. The molecular weight excluding hydrogens is 396 g/mol. The maximum absolute atomic E-state index is 11.0. The second kappa shape index (κ2) is 26.2. The fourth-order valence-electron chi connectivity index (χ4n) is 1.83. The molecule has 0 saturated carbocycles. The summed E-state index contributed by atoms with van der Waals surface area (Å²) in [6.45, 7) is 9.07. The van der Waals surface area contributed by atoms with Gasteiger partial charge in [0.1, 0.15) is 12.3 Å².